The topological polar surface area (TPSA) is 69.0 Å². The van der Waals surface area contributed by atoms with Crippen LogP contribution in [0.4, 0.5) is 10.3 Å². The molecule has 0 aromatic carbocycles. The molecule has 0 amide bonds. The van der Waals surface area contributed by atoms with E-state index in [0.29, 0.717) is 19.2 Å². The maximum absolute atomic E-state index is 13.1. The van der Waals surface area contributed by atoms with Crippen LogP contribution in [0.15, 0.2) is 43.1 Å². The van der Waals surface area contributed by atoms with Gasteiger partial charge in [0.1, 0.15) is 5.82 Å². The first kappa shape index (κ1) is 16.6. The van der Waals surface area contributed by atoms with E-state index >= 15 is 0 Å². The molecule has 26 heavy (non-hydrogen) atoms. The fourth-order valence-corrected chi connectivity index (χ4v) is 3.15. The molecule has 0 spiro atoms. The lowest BCUT2D eigenvalue weighted by molar-refractivity contribution is 0.101. The summed E-state index contributed by atoms with van der Waals surface area (Å²) in [5.74, 6) is 1.02. The maximum atomic E-state index is 13.1. The van der Waals surface area contributed by atoms with Gasteiger partial charge in [0.2, 0.25) is 5.95 Å². The highest BCUT2D eigenvalue weighted by Gasteiger charge is 2.28. The number of rotatable bonds is 5. The monoisotopic (exact) mass is 354 g/mol. The van der Waals surface area contributed by atoms with Gasteiger partial charge in [-0.05, 0) is 24.6 Å². The fraction of sp³-hybridized carbons (Fsp3) is 0.333. The van der Waals surface area contributed by atoms with Crippen LogP contribution in [-0.4, -0.2) is 31.0 Å². The minimum atomic E-state index is -0.437. The molecule has 1 aliphatic heterocycles. The molecule has 0 fully saturated rings. The van der Waals surface area contributed by atoms with Crippen molar-refractivity contribution in [3.05, 3.63) is 66.0 Å². The van der Waals surface area contributed by atoms with E-state index in [9.17, 15) is 4.39 Å². The summed E-state index contributed by atoms with van der Waals surface area (Å²) < 4.78 is 21.1. The summed E-state index contributed by atoms with van der Waals surface area (Å²) in [4.78, 5) is 18.8. The third-order valence-electron chi connectivity index (χ3n) is 4.51. The third-order valence-corrected chi connectivity index (χ3v) is 4.51. The Bertz CT molecular complexity index is 867. The van der Waals surface area contributed by atoms with Gasteiger partial charge in [0, 0.05) is 25.5 Å². The van der Waals surface area contributed by atoms with Gasteiger partial charge in [0.05, 0.1) is 43.5 Å². The summed E-state index contributed by atoms with van der Waals surface area (Å²) in [5.41, 5.74) is 2.13. The molecule has 1 aliphatic rings. The average Bonchev–Trinajstić information content (AvgIpc) is 3.08. The van der Waals surface area contributed by atoms with Crippen molar-refractivity contribution in [3.8, 4) is 0 Å². The number of pyridine rings is 1. The normalized spacial score (nSPS) is 16.5. The lowest BCUT2D eigenvalue weighted by atomic mass is 10.2. The zero-order valence-electron chi connectivity index (χ0n) is 14.4. The van der Waals surface area contributed by atoms with Gasteiger partial charge in [0.25, 0.3) is 0 Å². The van der Waals surface area contributed by atoms with Crippen molar-refractivity contribution in [1.82, 2.24) is 24.5 Å². The van der Waals surface area contributed by atoms with Crippen molar-refractivity contribution in [2.75, 3.05) is 11.4 Å². The fourth-order valence-electron chi connectivity index (χ4n) is 3.15. The van der Waals surface area contributed by atoms with Crippen LogP contribution in [0.25, 0.3) is 0 Å². The van der Waals surface area contributed by atoms with E-state index in [1.807, 2.05) is 30.2 Å². The van der Waals surface area contributed by atoms with Crippen LogP contribution < -0.4 is 4.90 Å². The minimum Gasteiger partial charge on any atom is -0.370 e. The van der Waals surface area contributed by atoms with E-state index in [-0.39, 0.29) is 6.04 Å². The van der Waals surface area contributed by atoms with Crippen LogP contribution in [0, 0.1) is 5.82 Å². The average molecular weight is 354 g/mol. The predicted octanol–water partition coefficient (Wildman–Crippen LogP) is 2.51. The largest absolute Gasteiger partial charge is 0.370 e. The van der Waals surface area contributed by atoms with Gasteiger partial charge < -0.3 is 14.2 Å². The lowest BCUT2D eigenvalue weighted by Gasteiger charge is -2.34. The summed E-state index contributed by atoms with van der Waals surface area (Å²) in [5, 5.41) is 0. The molecule has 4 rings (SSSR count). The number of aromatic nitrogens is 5. The Labute approximate surface area is 150 Å². The Morgan fingerprint density at radius 2 is 1.85 bits per heavy atom. The summed E-state index contributed by atoms with van der Waals surface area (Å²) in [6, 6.07) is 3.88. The molecule has 1 atom stereocenters. The van der Waals surface area contributed by atoms with Crippen LogP contribution >= 0.6 is 0 Å². The number of ether oxygens (including phenoxy) is 1. The quantitative estimate of drug-likeness (QED) is 0.701. The van der Waals surface area contributed by atoms with E-state index in [2.05, 4.69) is 24.5 Å². The van der Waals surface area contributed by atoms with E-state index in [1.54, 1.807) is 12.4 Å². The second-order valence-corrected chi connectivity index (χ2v) is 6.18. The molecule has 4 heterocycles. The standard InChI is InChI=1S/C18H19FN6O/c1-13-17-21-10-16(12-26-11-14-2-4-20-5-3-14)25(17)7-6-24(13)18-22-8-15(19)9-23-18/h2-5,8-10,13H,6-7,11-12H2,1H3/t13-/m1/s1. The van der Waals surface area contributed by atoms with Crippen molar-refractivity contribution in [2.45, 2.75) is 32.7 Å². The minimum absolute atomic E-state index is 0.00292. The van der Waals surface area contributed by atoms with Gasteiger partial charge in [-0.25, -0.2) is 19.3 Å². The summed E-state index contributed by atoms with van der Waals surface area (Å²) in [7, 11) is 0. The summed E-state index contributed by atoms with van der Waals surface area (Å²) >= 11 is 0. The first-order valence-electron chi connectivity index (χ1n) is 8.47. The van der Waals surface area contributed by atoms with E-state index in [0.717, 1.165) is 30.2 Å². The summed E-state index contributed by atoms with van der Waals surface area (Å²) in [6.45, 7) is 4.57. The molecule has 3 aromatic heterocycles. The molecule has 0 unspecified atom stereocenters. The number of halogens is 1. The highest BCUT2D eigenvalue weighted by Crippen LogP contribution is 2.28. The molecule has 0 saturated heterocycles. The Morgan fingerprint density at radius 3 is 2.62 bits per heavy atom. The number of hydrogen-bond acceptors (Lipinski definition) is 6. The number of imidazole rings is 1. The van der Waals surface area contributed by atoms with Crippen molar-refractivity contribution < 1.29 is 9.13 Å². The first-order chi connectivity index (χ1) is 12.7. The van der Waals surface area contributed by atoms with Gasteiger partial charge in [-0.15, -0.1) is 0 Å². The zero-order chi connectivity index (χ0) is 17.9. The lowest BCUT2D eigenvalue weighted by Crippen LogP contribution is -2.38. The number of fused-ring (bicyclic) bond motifs is 1. The highest BCUT2D eigenvalue weighted by molar-refractivity contribution is 5.34. The van der Waals surface area contributed by atoms with Crippen LogP contribution in [0.3, 0.4) is 0 Å². The maximum Gasteiger partial charge on any atom is 0.226 e. The molecule has 0 N–H and O–H groups in total. The molecule has 0 radical (unpaired) electrons. The highest BCUT2D eigenvalue weighted by atomic mass is 19.1. The summed E-state index contributed by atoms with van der Waals surface area (Å²) in [6.07, 6.45) is 7.75. The molecule has 0 aliphatic carbocycles. The molecule has 0 saturated carbocycles. The first-order valence-corrected chi connectivity index (χ1v) is 8.47. The Morgan fingerprint density at radius 1 is 1.08 bits per heavy atom. The van der Waals surface area contributed by atoms with Crippen LogP contribution in [-0.2, 0) is 24.5 Å². The predicted molar refractivity (Wildman–Crippen MR) is 92.7 cm³/mol. The van der Waals surface area contributed by atoms with Gasteiger partial charge >= 0.3 is 0 Å². The molecule has 0 bridgehead atoms. The number of hydrogen-bond donors (Lipinski definition) is 0. The van der Waals surface area contributed by atoms with Crippen molar-refractivity contribution in [1.29, 1.82) is 0 Å². The van der Waals surface area contributed by atoms with E-state index in [1.165, 1.54) is 12.4 Å². The molecular formula is C18H19FN6O. The second kappa shape index (κ2) is 7.17. The van der Waals surface area contributed by atoms with Gasteiger partial charge in [-0.1, -0.05) is 0 Å². The van der Waals surface area contributed by atoms with E-state index < -0.39 is 5.82 Å². The van der Waals surface area contributed by atoms with Crippen molar-refractivity contribution >= 4 is 5.95 Å². The van der Waals surface area contributed by atoms with Gasteiger partial charge in [-0.2, -0.15) is 0 Å². The third kappa shape index (κ3) is 3.28. The SMILES string of the molecule is C[C@@H]1c2ncc(COCc3ccncc3)n2CCN1c1ncc(F)cn1. The van der Waals surface area contributed by atoms with Gasteiger partial charge in [0.15, 0.2) is 5.82 Å². The van der Waals surface area contributed by atoms with Crippen molar-refractivity contribution in [2.24, 2.45) is 0 Å². The molecule has 134 valence electrons. The molecular weight excluding hydrogens is 335 g/mol. The second-order valence-electron chi connectivity index (χ2n) is 6.18. The zero-order valence-corrected chi connectivity index (χ0v) is 14.4. The Balaban J connectivity index is 1.44. The molecule has 7 nitrogen and oxygen atoms in total. The van der Waals surface area contributed by atoms with Crippen LogP contribution in [0.1, 0.15) is 30.0 Å². The van der Waals surface area contributed by atoms with E-state index in [4.69, 9.17) is 4.74 Å². The number of anilines is 1. The number of nitrogens with zero attached hydrogens (tertiary/aromatic N) is 6. The Hall–Kier alpha value is -2.87. The van der Waals surface area contributed by atoms with Crippen LogP contribution in [0.2, 0.25) is 0 Å². The Kier molecular flexibility index (Phi) is 4.57. The van der Waals surface area contributed by atoms with Gasteiger partial charge in [-0.3, -0.25) is 4.98 Å². The van der Waals surface area contributed by atoms with Crippen molar-refractivity contribution in [3.63, 3.8) is 0 Å². The van der Waals surface area contributed by atoms with Crippen LogP contribution in [0.5, 0.6) is 0 Å². The molecule has 8 heteroatoms. The molecule has 3 aromatic rings. The smallest absolute Gasteiger partial charge is 0.226 e.